The number of rotatable bonds is 4. The Kier molecular flexibility index (Phi) is 4.47. The summed E-state index contributed by atoms with van der Waals surface area (Å²) in [6, 6.07) is 8.81. The monoisotopic (exact) mass is 251 g/mol. The molecule has 1 N–H and O–H groups in total. The predicted molar refractivity (Wildman–Crippen MR) is 74.3 cm³/mol. The van der Waals surface area contributed by atoms with Gasteiger partial charge in [0.05, 0.1) is 0 Å². The maximum absolute atomic E-state index is 5.99. The highest BCUT2D eigenvalue weighted by atomic mass is 35.5. The Morgan fingerprint density at radius 1 is 1.35 bits per heavy atom. The van der Waals surface area contributed by atoms with E-state index < -0.39 is 0 Å². The largest absolute Gasteiger partial charge is 0.310 e. The average Bonchev–Trinajstić information content (AvgIpc) is 2.67. The third kappa shape index (κ3) is 3.23. The molecule has 1 aliphatic rings. The van der Waals surface area contributed by atoms with Gasteiger partial charge in [0.1, 0.15) is 0 Å². The number of nitrogens with one attached hydrogen (secondary N) is 1. The van der Waals surface area contributed by atoms with Gasteiger partial charge in [0.25, 0.3) is 0 Å². The van der Waals surface area contributed by atoms with Crippen molar-refractivity contribution in [2.45, 2.75) is 45.7 Å². The number of halogens is 1. The minimum Gasteiger partial charge on any atom is -0.310 e. The molecule has 0 heterocycles. The van der Waals surface area contributed by atoms with Gasteiger partial charge in [-0.1, -0.05) is 44.0 Å². The van der Waals surface area contributed by atoms with Crippen molar-refractivity contribution in [2.24, 2.45) is 11.8 Å². The maximum atomic E-state index is 5.99. The zero-order chi connectivity index (χ0) is 12.3. The van der Waals surface area contributed by atoms with Crippen molar-refractivity contribution in [2.75, 3.05) is 0 Å². The smallest absolute Gasteiger partial charge is 0.0409 e. The SMILES string of the molecule is CCC1CCC(NCc2cccc(Cl)c2)C1C. The van der Waals surface area contributed by atoms with Crippen molar-refractivity contribution in [1.82, 2.24) is 5.32 Å². The van der Waals surface area contributed by atoms with Gasteiger partial charge in [-0.15, -0.1) is 0 Å². The van der Waals surface area contributed by atoms with Crippen LogP contribution >= 0.6 is 11.6 Å². The van der Waals surface area contributed by atoms with Crippen molar-refractivity contribution in [1.29, 1.82) is 0 Å². The molecular formula is C15H22ClN. The van der Waals surface area contributed by atoms with Crippen LogP contribution in [-0.4, -0.2) is 6.04 Å². The molecule has 0 saturated heterocycles. The molecule has 3 atom stereocenters. The van der Waals surface area contributed by atoms with E-state index in [1.165, 1.54) is 24.8 Å². The van der Waals surface area contributed by atoms with E-state index in [1.807, 2.05) is 18.2 Å². The molecule has 1 aromatic rings. The summed E-state index contributed by atoms with van der Waals surface area (Å²) in [5.41, 5.74) is 1.28. The van der Waals surface area contributed by atoms with Gasteiger partial charge in [-0.05, 0) is 42.4 Å². The fraction of sp³-hybridized carbons (Fsp3) is 0.600. The Balaban J connectivity index is 1.87. The van der Waals surface area contributed by atoms with Crippen molar-refractivity contribution in [3.8, 4) is 0 Å². The van der Waals surface area contributed by atoms with Crippen molar-refractivity contribution in [3.05, 3.63) is 34.9 Å². The first kappa shape index (κ1) is 12.9. The van der Waals surface area contributed by atoms with E-state index in [-0.39, 0.29) is 0 Å². The van der Waals surface area contributed by atoms with Crippen molar-refractivity contribution < 1.29 is 0 Å². The van der Waals surface area contributed by atoms with E-state index in [0.717, 1.165) is 23.4 Å². The lowest BCUT2D eigenvalue weighted by molar-refractivity contribution is 0.344. The van der Waals surface area contributed by atoms with Gasteiger partial charge >= 0.3 is 0 Å². The van der Waals surface area contributed by atoms with Crippen LogP contribution in [0.25, 0.3) is 0 Å². The fourth-order valence-corrected chi connectivity index (χ4v) is 3.22. The van der Waals surface area contributed by atoms with Crippen LogP contribution in [0.2, 0.25) is 5.02 Å². The zero-order valence-electron chi connectivity index (χ0n) is 10.7. The predicted octanol–water partition coefficient (Wildman–Crippen LogP) is 4.25. The second-order valence-corrected chi connectivity index (χ2v) is 5.66. The molecular weight excluding hydrogens is 230 g/mol. The quantitative estimate of drug-likeness (QED) is 0.844. The summed E-state index contributed by atoms with van der Waals surface area (Å²) in [5.74, 6) is 1.71. The Morgan fingerprint density at radius 3 is 2.82 bits per heavy atom. The number of benzene rings is 1. The van der Waals surface area contributed by atoms with Crippen LogP contribution in [-0.2, 0) is 6.54 Å². The summed E-state index contributed by atoms with van der Waals surface area (Å²) in [5, 5.41) is 4.51. The average molecular weight is 252 g/mol. The number of hydrogen-bond acceptors (Lipinski definition) is 1. The lowest BCUT2D eigenvalue weighted by atomic mass is 9.93. The van der Waals surface area contributed by atoms with Crippen molar-refractivity contribution in [3.63, 3.8) is 0 Å². The summed E-state index contributed by atoms with van der Waals surface area (Å²) in [6.45, 7) is 5.63. The van der Waals surface area contributed by atoms with Gasteiger partial charge in [0.15, 0.2) is 0 Å². The molecule has 0 aliphatic heterocycles. The van der Waals surface area contributed by atoms with E-state index in [9.17, 15) is 0 Å². The molecule has 1 aromatic carbocycles. The molecule has 0 bridgehead atoms. The first-order chi connectivity index (χ1) is 8.20. The first-order valence-corrected chi connectivity index (χ1v) is 7.06. The summed E-state index contributed by atoms with van der Waals surface area (Å²) >= 11 is 5.99. The Bertz CT molecular complexity index is 364. The molecule has 0 amide bonds. The summed E-state index contributed by atoms with van der Waals surface area (Å²) in [6.07, 6.45) is 4.02. The van der Waals surface area contributed by atoms with Crippen LogP contribution in [0.1, 0.15) is 38.7 Å². The molecule has 17 heavy (non-hydrogen) atoms. The van der Waals surface area contributed by atoms with Gasteiger partial charge in [0, 0.05) is 17.6 Å². The maximum Gasteiger partial charge on any atom is 0.0409 e. The van der Waals surface area contributed by atoms with Crippen LogP contribution in [0.5, 0.6) is 0 Å². The zero-order valence-corrected chi connectivity index (χ0v) is 11.5. The lowest BCUT2D eigenvalue weighted by Gasteiger charge is -2.21. The van der Waals surface area contributed by atoms with Crippen LogP contribution < -0.4 is 5.32 Å². The van der Waals surface area contributed by atoms with Gasteiger partial charge in [-0.2, -0.15) is 0 Å². The summed E-state index contributed by atoms with van der Waals surface area (Å²) in [4.78, 5) is 0. The normalized spacial score (nSPS) is 28.5. The van der Waals surface area contributed by atoms with Gasteiger partial charge in [-0.3, -0.25) is 0 Å². The lowest BCUT2D eigenvalue weighted by Crippen LogP contribution is -2.32. The third-order valence-electron chi connectivity index (χ3n) is 4.21. The highest BCUT2D eigenvalue weighted by Crippen LogP contribution is 2.33. The highest BCUT2D eigenvalue weighted by Gasteiger charge is 2.30. The molecule has 94 valence electrons. The van der Waals surface area contributed by atoms with E-state index in [2.05, 4.69) is 25.2 Å². The van der Waals surface area contributed by atoms with E-state index in [0.29, 0.717) is 6.04 Å². The van der Waals surface area contributed by atoms with E-state index in [1.54, 1.807) is 0 Å². The Labute approximate surface area is 110 Å². The molecule has 1 saturated carbocycles. The topological polar surface area (TPSA) is 12.0 Å². The van der Waals surface area contributed by atoms with E-state index in [4.69, 9.17) is 11.6 Å². The fourth-order valence-electron chi connectivity index (χ4n) is 3.01. The minimum atomic E-state index is 0.680. The molecule has 0 radical (unpaired) electrons. The van der Waals surface area contributed by atoms with Gasteiger partial charge in [0.2, 0.25) is 0 Å². The molecule has 2 heteroatoms. The van der Waals surface area contributed by atoms with Crippen LogP contribution in [0.3, 0.4) is 0 Å². The molecule has 2 rings (SSSR count). The number of hydrogen-bond donors (Lipinski definition) is 1. The van der Waals surface area contributed by atoms with Crippen molar-refractivity contribution >= 4 is 11.6 Å². The molecule has 0 spiro atoms. The molecule has 0 aromatic heterocycles. The standard InChI is InChI=1S/C15H22ClN/c1-3-13-7-8-15(11(13)2)17-10-12-5-4-6-14(16)9-12/h4-6,9,11,13,15,17H,3,7-8,10H2,1-2H3. The molecule has 1 aliphatic carbocycles. The van der Waals surface area contributed by atoms with Gasteiger partial charge < -0.3 is 5.32 Å². The first-order valence-electron chi connectivity index (χ1n) is 6.68. The van der Waals surface area contributed by atoms with Crippen LogP contribution in [0.15, 0.2) is 24.3 Å². The second kappa shape index (κ2) is 5.88. The van der Waals surface area contributed by atoms with Crippen LogP contribution in [0.4, 0.5) is 0 Å². The summed E-state index contributed by atoms with van der Waals surface area (Å²) < 4.78 is 0. The van der Waals surface area contributed by atoms with E-state index >= 15 is 0 Å². The second-order valence-electron chi connectivity index (χ2n) is 5.22. The highest BCUT2D eigenvalue weighted by molar-refractivity contribution is 6.30. The third-order valence-corrected chi connectivity index (χ3v) is 4.44. The molecule has 1 nitrogen and oxygen atoms in total. The summed E-state index contributed by atoms with van der Waals surface area (Å²) in [7, 11) is 0. The minimum absolute atomic E-state index is 0.680. The molecule has 1 fully saturated rings. The Morgan fingerprint density at radius 2 is 2.18 bits per heavy atom. The Hall–Kier alpha value is -0.530. The van der Waals surface area contributed by atoms with Gasteiger partial charge in [-0.25, -0.2) is 0 Å². The van der Waals surface area contributed by atoms with Crippen LogP contribution in [0, 0.1) is 11.8 Å². The molecule has 3 unspecified atom stereocenters.